The molecule has 0 amide bonds. The van der Waals surface area contributed by atoms with Crippen LogP contribution < -0.4 is 0 Å². The Bertz CT molecular complexity index is 861. The van der Waals surface area contributed by atoms with Gasteiger partial charge in [0.1, 0.15) is 6.10 Å². The highest BCUT2D eigenvalue weighted by Gasteiger charge is 2.54. The van der Waals surface area contributed by atoms with E-state index in [2.05, 4.69) is 20.4 Å². The maximum Gasteiger partial charge on any atom is 0.334 e. The molecule has 0 aromatic carbocycles. The minimum absolute atomic E-state index is 0.150. The van der Waals surface area contributed by atoms with Crippen molar-refractivity contribution in [1.82, 2.24) is 0 Å². The van der Waals surface area contributed by atoms with E-state index in [0.29, 0.717) is 11.5 Å². The quantitative estimate of drug-likeness (QED) is 0.375. The monoisotopic (exact) mass is 414 g/mol. The van der Waals surface area contributed by atoms with Crippen LogP contribution in [0.2, 0.25) is 0 Å². The maximum atomic E-state index is 12.5. The van der Waals surface area contributed by atoms with Crippen LogP contribution in [0.1, 0.15) is 40.5 Å². The molecule has 6 heteroatoms. The second kappa shape index (κ2) is 8.96. The second-order valence-corrected chi connectivity index (χ2v) is 8.38. The van der Waals surface area contributed by atoms with Crippen LogP contribution in [-0.4, -0.2) is 39.6 Å². The van der Waals surface area contributed by atoms with Crippen LogP contribution in [0.4, 0.5) is 0 Å². The van der Waals surface area contributed by atoms with E-state index in [1.54, 1.807) is 18.2 Å². The number of carbonyl (C=O) groups excluding carboxylic acids is 2. The van der Waals surface area contributed by atoms with Crippen LogP contribution in [0.5, 0.6) is 0 Å². The summed E-state index contributed by atoms with van der Waals surface area (Å²) in [5, 5.41) is 20.1. The van der Waals surface area contributed by atoms with Crippen molar-refractivity contribution < 1.29 is 29.3 Å². The lowest BCUT2D eigenvalue weighted by atomic mass is 9.57. The van der Waals surface area contributed by atoms with Crippen molar-refractivity contribution in [1.29, 1.82) is 0 Å². The molecule has 30 heavy (non-hydrogen) atoms. The fraction of sp³-hybridized carbons (Fsp3) is 0.458. The molecule has 0 radical (unpaired) electrons. The average molecular weight is 414 g/mol. The van der Waals surface area contributed by atoms with Crippen LogP contribution >= 0.6 is 0 Å². The number of esters is 1. The zero-order valence-corrected chi connectivity index (χ0v) is 17.9. The first-order valence-electron chi connectivity index (χ1n) is 10.1. The Hall–Kier alpha value is -2.73. The number of carboxylic acids is 1. The first-order chi connectivity index (χ1) is 14.0. The van der Waals surface area contributed by atoms with Gasteiger partial charge in [-0.25, -0.2) is 9.59 Å². The standard InChI is InChI=1S/C24H30O6/c1-6-15(2)9-7-8-10-21(26)30-19-12-11-18-13-20(25)24(29,17(4)22(27)28)14-23(18,5)16(19)3/h7-13,15-16,19,29H,4,6,14H2,1-3,5H3,(H,27,28)/b9-7+,10-8-/t15-,16-,19-,23+,24+/m0/s1. The molecular weight excluding hydrogens is 384 g/mol. The topological polar surface area (TPSA) is 101 Å². The summed E-state index contributed by atoms with van der Waals surface area (Å²) >= 11 is 0. The first kappa shape index (κ1) is 23.5. The zero-order chi connectivity index (χ0) is 22.7. The minimum atomic E-state index is -2.20. The van der Waals surface area contributed by atoms with E-state index < -0.39 is 40.4 Å². The lowest BCUT2D eigenvalue weighted by Crippen LogP contribution is -2.53. The van der Waals surface area contributed by atoms with Gasteiger partial charge in [0.25, 0.3) is 0 Å². The van der Waals surface area contributed by atoms with E-state index in [0.717, 1.165) is 6.42 Å². The Balaban J connectivity index is 2.21. The highest BCUT2D eigenvalue weighted by molar-refractivity contribution is 6.08. The Morgan fingerprint density at radius 3 is 2.67 bits per heavy atom. The lowest BCUT2D eigenvalue weighted by Gasteiger charge is -2.48. The summed E-state index contributed by atoms with van der Waals surface area (Å²) in [6.07, 6.45) is 11.7. The SMILES string of the molecule is C=C(C(=O)O)[C@]1(O)C[C@@]2(C)C(=CC1=O)C=C[C@H](OC(=O)/C=C\C=C\[C@@H](C)CC)[C@@H]2C. The average Bonchev–Trinajstić information content (AvgIpc) is 2.69. The van der Waals surface area contributed by atoms with E-state index in [-0.39, 0.29) is 12.3 Å². The molecule has 0 fully saturated rings. The Labute approximate surface area is 177 Å². The highest BCUT2D eigenvalue weighted by atomic mass is 16.5. The number of fused-ring (bicyclic) bond motifs is 1. The molecule has 0 heterocycles. The minimum Gasteiger partial charge on any atom is -0.478 e. The number of aliphatic hydroxyl groups is 1. The van der Waals surface area contributed by atoms with Gasteiger partial charge in [0.05, 0.1) is 5.57 Å². The van der Waals surface area contributed by atoms with Gasteiger partial charge in [-0.05, 0) is 30.1 Å². The number of hydrogen-bond acceptors (Lipinski definition) is 5. The molecule has 0 saturated carbocycles. The third kappa shape index (κ3) is 4.54. The van der Waals surface area contributed by atoms with Gasteiger partial charge in [0.2, 0.25) is 0 Å². The van der Waals surface area contributed by atoms with Crippen LogP contribution in [0.25, 0.3) is 0 Å². The Morgan fingerprint density at radius 2 is 2.07 bits per heavy atom. The normalized spacial score (nSPS) is 32.0. The predicted octanol–water partition coefficient (Wildman–Crippen LogP) is 3.54. The van der Waals surface area contributed by atoms with Gasteiger partial charge in [-0.1, -0.05) is 65.0 Å². The van der Waals surface area contributed by atoms with Crippen LogP contribution in [0, 0.1) is 17.3 Å². The Morgan fingerprint density at radius 1 is 1.40 bits per heavy atom. The maximum absolute atomic E-state index is 12.5. The number of carbonyl (C=O) groups is 3. The lowest BCUT2D eigenvalue weighted by molar-refractivity contribution is -0.148. The molecule has 0 saturated heterocycles. The smallest absolute Gasteiger partial charge is 0.334 e. The Kier molecular flexibility index (Phi) is 7.03. The molecule has 162 valence electrons. The van der Waals surface area contributed by atoms with Crippen molar-refractivity contribution in [2.45, 2.75) is 52.2 Å². The van der Waals surface area contributed by atoms with Gasteiger partial charge < -0.3 is 14.9 Å². The third-order valence-corrected chi connectivity index (χ3v) is 6.38. The van der Waals surface area contributed by atoms with Gasteiger partial charge in [-0.15, -0.1) is 0 Å². The molecule has 0 unspecified atom stereocenters. The zero-order valence-electron chi connectivity index (χ0n) is 17.9. The van der Waals surface area contributed by atoms with Crippen molar-refractivity contribution in [3.05, 3.63) is 60.3 Å². The number of allylic oxidation sites excluding steroid dienone is 5. The molecule has 0 aromatic rings. The van der Waals surface area contributed by atoms with Crippen LogP contribution in [0.3, 0.4) is 0 Å². The fourth-order valence-electron chi connectivity index (χ4n) is 3.81. The van der Waals surface area contributed by atoms with Gasteiger partial charge in [0, 0.05) is 17.4 Å². The van der Waals surface area contributed by atoms with Gasteiger partial charge in [-0.3, -0.25) is 4.79 Å². The molecule has 0 bridgehead atoms. The molecule has 0 aromatic heterocycles. The summed E-state index contributed by atoms with van der Waals surface area (Å²) in [5.41, 5.74) is -2.86. The van der Waals surface area contributed by atoms with E-state index in [4.69, 9.17) is 4.74 Å². The van der Waals surface area contributed by atoms with Crippen LogP contribution in [0.15, 0.2) is 60.3 Å². The summed E-state index contributed by atoms with van der Waals surface area (Å²) in [7, 11) is 0. The van der Waals surface area contributed by atoms with Crippen molar-refractivity contribution in [3.63, 3.8) is 0 Å². The number of aliphatic carboxylic acids is 1. The van der Waals surface area contributed by atoms with Crippen LogP contribution in [-0.2, 0) is 19.1 Å². The van der Waals surface area contributed by atoms with E-state index >= 15 is 0 Å². The number of carboxylic acid groups (broad SMARTS) is 1. The van der Waals surface area contributed by atoms with E-state index in [1.807, 2.05) is 26.0 Å². The van der Waals surface area contributed by atoms with E-state index in [9.17, 15) is 24.6 Å². The third-order valence-electron chi connectivity index (χ3n) is 6.38. The number of hydrogen-bond donors (Lipinski definition) is 2. The molecule has 0 spiro atoms. The molecule has 2 aliphatic rings. The van der Waals surface area contributed by atoms with Gasteiger partial charge >= 0.3 is 11.9 Å². The summed E-state index contributed by atoms with van der Waals surface area (Å²) in [6.45, 7) is 11.2. The molecule has 2 rings (SSSR count). The van der Waals surface area contributed by atoms with Crippen molar-refractivity contribution >= 4 is 17.7 Å². The van der Waals surface area contributed by atoms with Crippen molar-refractivity contribution in [2.75, 3.05) is 0 Å². The van der Waals surface area contributed by atoms with Crippen molar-refractivity contribution in [3.8, 4) is 0 Å². The summed E-state index contributed by atoms with van der Waals surface area (Å²) in [4.78, 5) is 36.0. The predicted molar refractivity (Wildman–Crippen MR) is 113 cm³/mol. The largest absolute Gasteiger partial charge is 0.478 e. The number of ether oxygens (including phenoxy) is 1. The summed E-state index contributed by atoms with van der Waals surface area (Å²) < 4.78 is 5.58. The molecule has 5 atom stereocenters. The summed E-state index contributed by atoms with van der Waals surface area (Å²) in [6, 6.07) is 0. The van der Waals surface area contributed by atoms with E-state index in [1.165, 1.54) is 12.2 Å². The van der Waals surface area contributed by atoms with Gasteiger partial charge in [-0.2, -0.15) is 0 Å². The second-order valence-electron chi connectivity index (χ2n) is 8.38. The molecule has 6 nitrogen and oxygen atoms in total. The first-order valence-corrected chi connectivity index (χ1v) is 10.1. The number of ketones is 1. The molecule has 2 aliphatic carbocycles. The highest BCUT2D eigenvalue weighted by Crippen LogP contribution is 2.52. The fourth-order valence-corrected chi connectivity index (χ4v) is 3.81. The van der Waals surface area contributed by atoms with Crippen molar-refractivity contribution in [2.24, 2.45) is 17.3 Å². The van der Waals surface area contributed by atoms with Gasteiger partial charge in [0.15, 0.2) is 11.4 Å². The summed E-state index contributed by atoms with van der Waals surface area (Å²) in [5.74, 6) is -2.51. The number of rotatable bonds is 7. The molecule has 0 aliphatic heterocycles. The molecule has 2 N–H and O–H groups in total. The molecular formula is C24H30O6.